The second-order valence-electron chi connectivity index (χ2n) is 6.64. The number of allylic oxidation sites excluding steroid dienone is 16. The topological polar surface area (TPSA) is 0 Å². The summed E-state index contributed by atoms with van der Waals surface area (Å²) in [6.07, 6.45) is 19.9. The summed E-state index contributed by atoms with van der Waals surface area (Å²) in [5, 5.41) is 0. The molecule has 0 aromatic rings. The molecule has 0 unspecified atom stereocenters. The predicted octanol–water partition coefficient (Wildman–Crippen LogP) is 6.30. The maximum atomic E-state index is 2.29. The lowest BCUT2D eigenvalue weighted by Crippen LogP contribution is -2.08. The first-order valence-corrected chi connectivity index (χ1v) is 8.07. The van der Waals surface area contributed by atoms with Crippen LogP contribution in [-0.4, -0.2) is 0 Å². The lowest BCUT2D eigenvalue weighted by molar-refractivity contribution is 1.00. The summed E-state index contributed by atoms with van der Waals surface area (Å²) < 4.78 is 0. The Morgan fingerprint density at radius 2 is 0.818 bits per heavy atom. The van der Waals surface area contributed by atoms with E-state index in [-0.39, 0.29) is 0 Å². The van der Waals surface area contributed by atoms with E-state index in [1.54, 1.807) is 0 Å². The smallest absolute Gasteiger partial charge is 0.00137 e. The van der Waals surface area contributed by atoms with E-state index < -0.39 is 0 Å². The molecule has 0 heterocycles. The molecule has 0 aromatic carbocycles. The maximum absolute atomic E-state index is 2.29. The zero-order valence-electron chi connectivity index (χ0n) is 14.0. The fraction of sp³-hybridized carbons (Fsp3) is 0.273. The van der Waals surface area contributed by atoms with Gasteiger partial charge in [0.2, 0.25) is 0 Å². The monoisotopic (exact) mass is 288 g/mol. The van der Waals surface area contributed by atoms with Crippen LogP contribution in [-0.2, 0) is 0 Å². The van der Waals surface area contributed by atoms with Crippen LogP contribution in [0, 0.1) is 0 Å². The molecule has 1 saturated carbocycles. The Hall–Kier alpha value is -2.08. The minimum absolute atomic E-state index is 1.02. The maximum Gasteiger partial charge on any atom is -0.00137 e. The van der Waals surface area contributed by atoms with Crippen LogP contribution in [0.25, 0.3) is 0 Å². The van der Waals surface area contributed by atoms with Gasteiger partial charge in [0.05, 0.1) is 0 Å². The van der Waals surface area contributed by atoms with Gasteiger partial charge in [-0.05, 0) is 74.0 Å². The molecule has 112 valence electrons. The second-order valence-corrected chi connectivity index (χ2v) is 6.64. The molecule has 0 saturated heterocycles. The molecule has 3 aliphatic carbocycles. The Morgan fingerprint density at radius 1 is 0.545 bits per heavy atom. The van der Waals surface area contributed by atoms with Gasteiger partial charge in [-0.15, -0.1) is 0 Å². The Labute approximate surface area is 134 Å². The zero-order chi connectivity index (χ0) is 15.7. The van der Waals surface area contributed by atoms with Crippen LogP contribution < -0.4 is 0 Å². The third-order valence-electron chi connectivity index (χ3n) is 4.46. The number of hydrogen-bond donors (Lipinski definition) is 0. The molecule has 0 heteroatoms. The molecular weight excluding hydrogens is 264 g/mol. The van der Waals surface area contributed by atoms with Crippen LogP contribution in [0.1, 0.15) is 40.5 Å². The summed E-state index contributed by atoms with van der Waals surface area (Å²) in [7, 11) is 0. The van der Waals surface area contributed by atoms with Crippen molar-refractivity contribution >= 4 is 0 Å². The summed E-state index contributed by atoms with van der Waals surface area (Å²) in [5.74, 6) is 0. The van der Waals surface area contributed by atoms with E-state index in [1.165, 1.54) is 44.6 Å². The Balaban J connectivity index is 2.31. The molecule has 4 bridgehead atoms. The molecule has 0 atom stereocenters. The molecule has 0 nitrogen and oxygen atoms in total. The van der Waals surface area contributed by atoms with E-state index in [0.29, 0.717) is 0 Å². The van der Waals surface area contributed by atoms with Crippen LogP contribution in [0.5, 0.6) is 0 Å². The van der Waals surface area contributed by atoms with Crippen LogP contribution in [0.2, 0.25) is 0 Å². The van der Waals surface area contributed by atoms with Gasteiger partial charge in [0.1, 0.15) is 0 Å². The van der Waals surface area contributed by atoms with Crippen molar-refractivity contribution in [3.05, 3.63) is 93.2 Å². The Morgan fingerprint density at radius 3 is 1.05 bits per heavy atom. The van der Waals surface area contributed by atoms with Crippen molar-refractivity contribution in [1.29, 1.82) is 0 Å². The van der Waals surface area contributed by atoms with E-state index >= 15 is 0 Å². The predicted molar refractivity (Wildman–Crippen MR) is 96.6 cm³/mol. The van der Waals surface area contributed by atoms with Crippen molar-refractivity contribution in [1.82, 2.24) is 0 Å². The molecule has 0 radical (unpaired) electrons. The van der Waals surface area contributed by atoms with Gasteiger partial charge in [-0.25, -0.2) is 0 Å². The van der Waals surface area contributed by atoms with Crippen LogP contribution in [0.15, 0.2) is 93.2 Å². The first kappa shape index (κ1) is 14.8. The van der Waals surface area contributed by atoms with Gasteiger partial charge in [-0.3, -0.25) is 0 Å². The van der Waals surface area contributed by atoms with Crippen molar-refractivity contribution < 1.29 is 0 Å². The third-order valence-corrected chi connectivity index (χ3v) is 4.46. The Bertz CT molecular complexity index is 628. The first-order valence-electron chi connectivity index (χ1n) is 8.07. The van der Waals surface area contributed by atoms with Crippen molar-refractivity contribution in [3.63, 3.8) is 0 Å². The number of hydrogen-bond acceptors (Lipinski definition) is 0. The lowest BCUT2D eigenvalue weighted by Gasteiger charge is -2.26. The summed E-state index contributed by atoms with van der Waals surface area (Å²) in [6, 6.07) is 0. The van der Waals surface area contributed by atoms with Gasteiger partial charge < -0.3 is 0 Å². The van der Waals surface area contributed by atoms with E-state index in [0.717, 1.165) is 12.8 Å². The van der Waals surface area contributed by atoms with Crippen LogP contribution in [0.4, 0.5) is 0 Å². The highest BCUT2D eigenvalue weighted by molar-refractivity contribution is 5.64. The second kappa shape index (κ2) is 5.96. The van der Waals surface area contributed by atoms with Crippen molar-refractivity contribution in [2.24, 2.45) is 0 Å². The van der Waals surface area contributed by atoms with Gasteiger partial charge in [0.15, 0.2) is 0 Å². The van der Waals surface area contributed by atoms with Gasteiger partial charge in [-0.1, -0.05) is 59.8 Å². The van der Waals surface area contributed by atoms with E-state index in [2.05, 4.69) is 76.3 Å². The molecule has 0 aliphatic heterocycles. The average molecular weight is 288 g/mol. The minimum atomic E-state index is 1.02. The number of rotatable bonds is 0. The average Bonchev–Trinajstić information content (AvgIpc) is 2.80. The highest BCUT2D eigenvalue weighted by Gasteiger charge is 2.24. The Kier molecular flexibility index (Phi) is 4.02. The molecule has 0 amide bonds. The highest BCUT2D eigenvalue weighted by atomic mass is 14.3. The minimum Gasteiger partial charge on any atom is -0.0686 e. The normalized spacial score (nSPS) is 20.0. The zero-order valence-corrected chi connectivity index (χ0v) is 14.0. The van der Waals surface area contributed by atoms with Crippen molar-refractivity contribution in [2.45, 2.75) is 40.5 Å². The van der Waals surface area contributed by atoms with Crippen molar-refractivity contribution in [2.75, 3.05) is 0 Å². The van der Waals surface area contributed by atoms with Gasteiger partial charge in [-0.2, -0.15) is 0 Å². The van der Waals surface area contributed by atoms with E-state index in [4.69, 9.17) is 0 Å². The van der Waals surface area contributed by atoms with Gasteiger partial charge >= 0.3 is 0 Å². The molecular formula is C22H24. The number of fused-ring (bicyclic) bond motifs is 4. The molecule has 0 spiro atoms. The van der Waals surface area contributed by atoms with E-state index in [1.807, 2.05) is 0 Å². The summed E-state index contributed by atoms with van der Waals surface area (Å²) >= 11 is 0. The SMILES string of the molecule is CC(C)=C1C2=CC=CC=C(C2)C(=C(C)C)C2=CC=CC=C1C2. The summed E-state index contributed by atoms with van der Waals surface area (Å²) in [4.78, 5) is 0. The molecule has 0 N–H and O–H groups in total. The van der Waals surface area contributed by atoms with Gasteiger partial charge in [0.25, 0.3) is 0 Å². The van der Waals surface area contributed by atoms with Crippen LogP contribution >= 0.6 is 0 Å². The van der Waals surface area contributed by atoms with Crippen LogP contribution in [0.3, 0.4) is 0 Å². The quantitative estimate of drug-likeness (QED) is 0.491. The molecule has 3 rings (SSSR count). The van der Waals surface area contributed by atoms with E-state index in [9.17, 15) is 0 Å². The highest BCUT2D eigenvalue weighted by Crippen LogP contribution is 2.42. The van der Waals surface area contributed by atoms with Gasteiger partial charge in [0, 0.05) is 0 Å². The molecule has 22 heavy (non-hydrogen) atoms. The fourth-order valence-corrected chi connectivity index (χ4v) is 3.72. The first-order chi connectivity index (χ1) is 10.6. The molecule has 0 aromatic heterocycles. The summed E-state index contributed by atoms with van der Waals surface area (Å²) in [6.45, 7) is 8.93. The lowest BCUT2D eigenvalue weighted by atomic mass is 9.78. The van der Waals surface area contributed by atoms with Crippen molar-refractivity contribution in [3.8, 4) is 0 Å². The standard InChI is InChI=1S/C22H24/c1-15(2)21-17-9-5-7-11-19(13-17)22(16(3)4)20-12-8-6-10-18(21)14-20/h5-12H,13-14H2,1-4H3. The molecule has 1 fully saturated rings. The summed E-state index contributed by atoms with van der Waals surface area (Å²) in [5.41, 5.74) is 11.5. The third kappa shape index (κ3) is 2.66. The molecule has 3 aliphatic rings. The largest absolute Gasteiger partial charge is 0.0686 e. The fourth-order valence-electron chi connectivity index (χ4n) is 3.72.